The van der Waals surface area contributed by atoms with Gasteiger partial charge < -0.3 is 33.7 Å². The molecule has 11 atom stereocenters. The van der Waals surface area contributed by atoms with Crippen molar-refractivity contribution < 1.29 is 47.7 Å². The third-order valence-electron chi connectivity index (χ3n) is 18.7. The minimum Gasteiger partial charge on any atom is -0.477 e. The number of carboxylic acids is 1. The number of Topliss-reactive ketones (excluding diaryl/α,β-unsaturated/α-hetero) is 1. The average molecular weight is 960 g/mol. The molecular formula is C53H70FN3O10S. The zero-order valence-corrected chi connectivity index (χ0v) is 41.5. The summed E-state index contributed by atoms with van der Waals surface area (Å²) in [5.74, 6) is -3.32. The number of hydrogen-bond donors (Lipinski definition) is 1. The molecule has 68 heavy (non-hydrogen) atoms. The van der Waals surface area contributed by atoms with Crippen molar-refractivity contribution in [2.45, 2.75) is 173 Å². The van der Waals surface area contributed by atoms with Crippen molar-refractivity contribution in [3.63, 3.8) is 0 Å². The molecule has 1 N–H and O–H groups in total. The van der Waals surface area contributed by atoms with Crippen LogP contribution in [0.1, 0.15) is 146 Å². The van der Waals surface area contributed by atoms with Gasteiger partial charge >= 0.3 is 23.9 Å². The first kappa shape index (κ1) is 48.8. The first-order chi connectivity index (χ1) is 32.3. The third-order valence-corrected chi connectivity index (χ3v) is 20.0. The molecule has 6 unspecified atom stereocenters. The maximum absolute atomic E-state index is 16.0. The van der Waals surface area contributed by atoms with E-state index >= 15 is 4.39 Å². The number of thioether (sulfide) groups is 1. The van der Waals surface area contributed by atoms with Crippen LogP contribution in [-0.4, -0.2) is 106 Å². The maximum atomic E-state index is 16.0. The highest BCUT2D eigenvalue weighted by atomic mass is 32.2. The van der Waals surface area contributed by atoms with Gasteiger partial charge in [0.15, 0.2) is 0 Å². The number of ether oxygens (including phenoxy) is 3. The molecule has 2 aromatic rings. The molecule has 370 valence electrons. The van der Waals surface area contributed by atoms with Crippen LogP contribution in [0, 0.1) is 39.8 Å². The summed E-state index contributed by atoms with van der Waals surface area (Å²) in [6.07, 6.45) is 10.7. The monoisotopic (exact) mass is 959 g/mol. The predicted octanol–water partition coefficient (Wildman–Crippen LogP) is 8.45. The van der Waals surface area contributed by atoms with E-state index in [0.29, 0.717) is 92.1 Å². The van der Waals surface area contributed by atoms with E-state index in [-0.39, 0.29) is 65.1 Å². The molecule has 5 heterocycles. The average Bonchev–Trinajstić information content (AvgIpc) is 3.74. The van der Waals surface area contributed by atoms with Gasteiger partial charge in [0.2, 0.25) is 5.43 Å². The third kappa shape index (κ3) is 8.30. The molecular weight excluding hydrogens is 890 g/mol. The normalized spacial score (nSPS) is 35.8. The lowest BCUT2D eigenvalue weighted by Crippen LogP contribution is -2.63. The first-order valence-electron chi connectivity index (χ1n) is 25.3. The number of aromatic carboxylic acids is 1. The van der Waals surface area contributed by atoms with Crippen molar-refractivity contribution in [1.29, 1.82) is 0 Å². The van der Waals surface area contributed by atoms with E-state index in [1.165, 1.54) is 19.0 Å². The molecule has 13 nitrogen and oxygen atoms in total. The summed E-state index contributed by atoms with van der Waals surface area (Å²) in [5, 5.41) is 10.1. The van der Waals surface area contributed by atoms with Gasteiger partial charge in [0.05, 0.1) is 29.8 Å². The first-order valence-corrected chi connectivity index (χ1v) is 26.3. The van der Waals surface area contributed by atoms with E-state index in [1.807, 2.05) is 24.8 Å². The molecule has 15 heteroatoms. The lowest BCUT2D eigenvalue weighted by Gasteiger charge is -2.62. The Balaban J connectivity index is 0.852. The number of ketones is 1. The summed E-state index contributed by atoms with van der Waals surface area (Å²) >= 11 is 1.70. The van der Waals surface area contributed by atoms with Gasteiger partial charge in [-0.15, -0.1) is 18.3 Å². The number of carbonyl (C=O) groups is 5. The van der Waals surface area contributed by atoms with E-state index in [9.17, 15) is 33.9 Å². The molecule has 9 rings (SSSR count). The van der Waals surface area contributed by atoms with E-state index in [2.05, 4.69) is 39.3 Å². The summed E-state index contributed by atoms with van der Waals surface area (Å²) in [4.78, 5) is 84.9. The summed E-state index contributed by atoms with van der Waals surface area (Å²) in [6.45, 7) is 15.5. The Labute approximate surface area is 403 Å². The molecule has 1 aromatic heterocycles. The van der Waals surface area contributed by atoms with Crippen molar-refractivity contribution in [2.75, 3.05) is 30.8 Å². The number of halogens is 1. The largest absolute Gasteiger partial charge is 0.477 e. The Hall–Kier alpha value is -4.24. The number of carboxylic acid groups (broad SMARTS) is 1. The van der Waals surface area contributed by atoms with Crippen LogP contribution < -0.4 is 10.3 Å². The Morgan fingerprint density at radius 1 is 0.912 bits per heavy atom. The minimum atomic E-state index is -1.35. The van der Waals surface area contributed by atoms with Crippen LogP contribution in [0.25, 0.3) is 10.9 Å². The second-order valence-corrected chi connectivity index (χ2v) is 23.5. The second-order valence-electron chi connectivity index (χ2n) is 22.2. The molecule has 3 saturated carbocycles. The number of aromatic nitrogens is 1. The van der Waals surface area contributed by atoms with Gasteiger partial charge in [-0.3, -0.25) is 24.0 Å². The quantitative estimate of drug-likeness (QED) is 0.123. The number of rotatable bonds is 12. The van der Waals surface area contributed by atoms with Gasteiger partial charge in [-0.2, -0.15) is 0 Å². The second kappa shape index (κ2) is 18.5. The van der Waals surface area contributed by atoms with E-state index in [1.54, 1.807) is 16.3 Å². The number of carbonyl (C=O) groups excluding carboxylic acids is 4. The fourth-order valence-corrected chi connectivity index (χ4v) is 15.7. The summed E-state index contributed by atoms with van der Waals surface area (Å²) in [6, 6.07) is 2.22. The molecule has 4 aliphatic heterocycles. The number of esters is 3. The molecule has 0 radical (unpaired) electrons. The molecule has 3 saturated heterocycles. The van der Waals surface area contributed by atoms with Gasteiger partial charge in [-0.1, -0.05) is 33.8 Å². The lowest BCUT2D eigenvalue weighted by atomic mass is 9.44. The molecule has 3 aliphatic carbocycles. The number of nitrogens with zero attached hydrogens (tertiary/aromatic N) is 3. The smallest absolute Gasteiger partial charge is 0.341 e. The highest BCUT2D eigenvalue weighted by Crippen LogP contribution is 2.68. The van der Waals surface area contributed by atoms with Gasteiger partial charge in [0.25, 0.3) is 0 Å². The molecule has 1 aromatic carbocycles. The van der Waals surface area contributed by atoms with Crippen molar-refractivity contribution >= 4 is 58.0 Å². The van der Waals surface area contributed by atoms with Gasteiger partial charge in [-0.25, -0.2) is 9.18 Å². The number of piperidine rings is 2. The van der Waals surface area contributed by atoms with Crippen molar-refractivity contribution in [1.82, 2.24) is 9.47 Å². The van der Waals surface area contributed by atoms with Gasteiger partial charge in [-0.05, 0) is 95.6 Å². The van der Waals surface area contributed by atoms with Crippen LogP contribution >= 0.6 is 11.8 Å². The standard InChI is InChI=1S/C53H70FN3O10S/c1-8-51(5)26-41(66-44(61)28-68-35-23-32-10-11-33(24-35)55(32)7)52(6)29(2)15-19-53(20-16-40(58)48(52)53)31(4)49(51)67-43(60)14-13-42(59)65-34-17-21-56(22-18-34)46-36-12-9-30(3)57-27-38(50(63)64)47(62)37(45(36)57)25-39(46)54/h8,25,27,29-35,41,48-49H,1,9-24,26,28H2,2-7H3,(H,63,64)/t29?,30?,31-,32?,33?,35?,41+,48?,49+,51+,52-,53?/m1/s1. The Bertz CT molecular complexity index is 2440. The Morgan fingerprint density at radius 2 is 1.59 bits per heavy atom. The fourth-order valence-electron chi connectivity index (χ4n) is 14.6. The number of fused-ring (bicyclic) bond motifs is 2. The van der Waals surface area contributed by atoms with Gasteiger partial charge in [0.1, 0.15) is 35.5 Å². The number of anilines is 1. The number of pyridine rings is 1. The molecule has 0 spiro atoms. The molecule has 7 aliphatic rings. The summed E-state index contributed by atoms with van der Waals surface area (Å²) in [5.41, 5.74) is -1.38. The van der Waals surface area contributed by atoms with Crippen molar-refractivity contribution in [3.05, 3.63) is 52.1 Å². The van der Waals surface area contributed by atoms with E-state index < -0.39 is 63.7 Å². The highest BCUT2D eigenvalue weighted by Gasteiger charge is 2.69. The van der Waals surface area contributed by atoms with Crippen LogP contribution in [0.2, 0.25) is 0 Å². The Morgan fingerprint density at radius 3 is 2.25 bits per heavy atom. The summed E-state index contributed by atoms with van der Waals surface area (Å²) in [7, 11) is 2.21. The molecule has 6 fully saturated rings. The van der Waals surface area contributed by atoms with Crippen LogP contribution in [-0.2, 0) is 39.8 Å². The van der Waals surface area contributed by atoms with E-state index in [4.69, 9.17) is 14.2 Å². The Kier molecular flexibility index (Phi) is 13.3. The minimum absolute atomic E-state index is 0.0568. The zero-order chi connectivity index (χ0) is 48.6. The number of benzene rings is 1. The van der Waals surface area contributed by atoms with Crippen LogP contribution in [0.3, 0.4) is 0 Å². The summed E-state index contributed by atoms with van der Waals surface area (Å²) < 4.78 is 36.7. The SMILES string of the molecule is C=C[C@@]1(C)C[C@H](OC(=O)CSC2CC3CCC(C2)N3C)[C@@]2(C)C(C)CCC3(CCC(=O)C32)[C@H](C)[C@@H]1OC(=O)CCC(=O)OC1CCN(c2c(F)cc3c(=O)c(C(=O)O)cn4c3c2CCC4C)CC1. The van der Waals surface area contributed by atoms with Crippen LogP contribution in [0.4, 0.5) is 10.1 Å². The highest BCUT2D eigenvalue weighted by molar-refractivity contribution is 8.00. The predicted molar refractivity (Wildman–Crippen MR) is 257 cm³/mol. The fraction of sp³-hybridized carbons (Fsp3) is 0.698. The van der Waals surface area contributed by atoms with Gasteiger partial charge in [0, 0.05) is 95.5 Å². The topological polar surface area (TPSA) is 162 Å². The number of hydrogen-bond acceptors (Lipinski definition) is 12. The van der Waals surface area contributed by atoms with Crippen molar-refractivity contribution in [2.24, 2.45) is 34.0 Å². The number of aryl methyl sites for hydroxylation is 1. The van der Waals surface area contributed by atoms with E-state index in [0.717, 1.165) is 31.7 Å². The maximum Gasteiger partial charge on any atom is 0.341 e. The van der Waals surface area contributed by atoms with Crippen molar-refractivity contribution in [3.8, 4) is 0 Å². The van der Waals surface area contributed by atoms with Crippen LogP contribution in [0.5, 0.6) is 0 Å². The zero-order valence-electron chi connectivity index (χ0n) is 40.7. The molecule has 4 bridgehead atoms. The lowest BCUT2D eigenvalue weighted by molar-refractivity contribution is -0.213. The molecule has 0 amide bonds. The van der Waals surface area contributed by atoms with Crippen LogP contribution in [0.15, 0.2) is 29.7 Å².